The van der Waals surface area contributed by atoms with Gasteiger partial charge in [-0.1, -0.05) is 23.8 Å². The molecule has 0 aliphatic heterocycles. The maximum atomic E-state index is 11.6. The van der Waals surface area contributed by atoms with Crippen molar-refractivity contribution in [2.75, 3.05) is 6.61 Å². The van der Waals surface area contributed by atoms with Gasteiger partial charge in [-0.3, -0.25) is 0 Å². The highest BCUT2D eigenvalue weighted by atomic mass is 32.2. The molecule has 1 N–H and O–H groups in total. The molecule has 76 valence electrons. The van der Waals surface area contributed by atoms with Gasteiger partial charge < -0.3 is 5.11 Å². The van der Waals surface area contributed by atoms with Gasteiger partial charge in [-0.15, -0.1) is 0 Å². The molecule has 0 aliphatic rings. The molecule has 3 heteroatoms. The summed E-state index contributed by atoms with van der Waals surface area (Å²) < 4.78 is 11.6. The van der Waals surface area contributed by atoms with Crippen LogP contribution < -0.4 is 0 Å². The lowest BCUT2D eigenvalue weighted by Crippen LogP contribution is -1.86. The fraction of sp³-hybridized carbons (Fsp3) is 0.273. The van der Waals surface area contributed by atoms with E-state index < -0.39 is 10.8 Å². The molecule has 0 bridgehead atoms. The van der Waals surface area contributed by atoms with Crippen LogP contribution in [0.5, 0.6) is 0 Å². The average Bonchev–Trinajstić information content (AvgIpc) is 2.19. The Morgan fingerprint density at radius 1 is 1.36 bits per heavy atom. The highest BCUT2D eigenvalue weighted by Crippen LogP contribution is 2.09. The first-order chi connectivity index (χ1) is 6.74. The van der Waals surface area contributed by atoms with Gasteiger partial charge in [-0.2, -0.15) is 0 Å². The van der Waals surface area contributed by atoms with E-state index in [1.807, 2.05) is 31.2 Å². The molecular weight excluding hydrogens is 196 g/mol. The van der Waals surface area contributed by atoms with Crippen LogP contribution in [-0.2, 0) is 10.8 Å². The Balaban J connectivity index is 2.65. The molecule has 0 amide bonds. The first-order valence-corrected chi connectivity index (χ1v) is 5.70. The number of hydrogen-bond donors (Lipinski definition) is 1. The van der Waals surface area contributed by atoms with Crippen molar-refractivity contribution in [2.24, 2.45) is 0 Å². The van der Waals surface area contributed by atoms with Crippen LogP contribution in [0, 0.1) is 6.92 Å². The van der Waals surface area contributed by atoms with Crippen molar-refractivity contribution in [3.05, 3.63) is 41.3 Å². The first-order valence-electron chi connectivity index (χ1n) is 4.49. The van der Waals surface area contributed by atoms with E-state index in [0.717, 1.165) is 10.5 Å². The summed E-state index contributed by atoms with van der Waals surface area (Å²) in [7, 11) is -1.08. The third-order valence-corrected chi connectivity index (χ3v) is 2.95. The minimum atomic E-state index is -1.08. The highest BCUT2D eigenvalue weighted by Gasteiger charge is 1.97. The standard InChI is InChI=1S/C11H14O2S/c1-10-4-6-11(7-5-10)14(13)9-3-2-8-12/h3-7,9,12H,2,8H2,1H3/b9-3-. The minimum Gasteiger partial charge on any atom is -0.396 e. The first kappa shape index (κ1) is 11.1. The molecule has 0 aromatic heterocycles. The van der Waals surface area contributed by atoms with Crippen LogP contribution in [0.3, 0.4) is 0 Å². The molecule has 1 unspecified atom stereocenters. The third-order valence-electron chi connectivity index (χ3n) is 1.77. The van der Waals surface area contributed by atoms with Crippen molar-refractivity contribution in [3.8, 4) is 0 Å². The Kier molecular flexibility index (Phi) is 4.56. The monoisotopic (exact) mass is 210 g/mol. The molecule has 14 heavy (non-hydrogen) atoms. The topological polar surface area (TPSA) is 37.3 Å². The Morgan fingerprint density at radius 2 is 2.00 bits per heavy atom. The van der Waals surface area contributed by atoms with Crippen molar-refractivity contribution in [1.29, 1.82) is 0 Å². The molecule has 0 aliphatic carbocycles. The molecule has 0 radical (unpaired) electrons. The summed E-state index contributed by atoms with van der Waals surface area (Å²) in [5.41, 5.74) is 1.16. The fourth-order valence-corrected chi connectivity index (χ4v) is 1.85. The van der Waals surface area contributed by atoms with Crippen LogP contribution in [0.4, 0.5) is 0 Å². The van der Waals surface area contributed by atoms with E-state index in [-0.39, 0.29) is 6.61 Å². The summed E-state index contributed by atoms with van der Waals surface area (Å²) in [5.74, 6) is 0. The summed E-state index contributed by atoms with van der Waals surface area (Å²) in [6.45, 7) is 2.09. The SMILES string of the molecule is Cc1ccc(S(=O)/C=C\CCO)cc1. The summed E-state index contributed by atoms with van der Waals surface area (Å²) in [6, 6.07) is 7.59. The van der Waals surface area contributed by atoms with Gasteiger partial charge in [0.15, 0.2) is 0 Å². The second-order valence-corrected chi connectivity index (χ2v) is 4.33. The summed E-state index contributed by atoms with van der Waals surface area (Å²) in [4.78, 5) is 0.796. The molecule has 0 saturated heterocycles. The van der Waals surface area contributed by atoms with Gasteiger partial charge in [-0.25, -0.2) is 4.21 Å². The molecule has 0 heterocycles. The highest BCUT2D eigenvalue weighted by molar-refractivity contribution is 7.88. The largest absolute Gasteiger partial charge is 0.396 e. The smallest absolute Gasteiger partial charge is 0.0772 e. The molecule has 0 fully saturated rings. The molecule has 2 nitrogen and oxygen atoms in total. The maximum absolute atomic E-state index is 11.6. The van der Waals surface area contributed by atoms with E-state index in [2.05, 4.69) is 0 Å². The number of benzene rings is 1. The van der Waals surface area contributed by atoms with Crippen molar-refractivity contribution in [3.63, 3.8) is 0 Å². The summed E-state index contributed by atoms with van der Waals surface area (Å²) in [6.07, 6.45) is 2.29. The molecule has 0 saturated carbocycles. The zero-order valence-electron chi connectivity index (χ0n) is 8.14. The van der Waals surface area contributed by atoms with Gasteiger partial charge in [0, 0.05) is 16.9 Å². The minimum absolute atomic E-state index is 0.0988. The molecule has 1 aromatic carbocycles. The quantitative estimate of drug-likeness (QED) is 0.825. The second-order valence-electron chi connectivity index (χ2n) is 2.99. The molecule has 0 spiro atoms. The Bertz CT molecular complexity index is 328. The Morgan fingerprint density at radius 3 is 2.57 bits per heavy atom. The second kappa shape index (κ2) is 5.73. The number of aryl methyl sites for hydroxylation is 1. The summed E-state index contributed by atoms with van der Waals surface area (Å²) >= 11 is 0. The lowest BCUT2D eigenvalue weighted by Gasteiger charge is -1.97. The van der Waals surface area contributed by atoms with Gasteiger partial charge >= 0.3 is 0 Å². The van der Waals surface area contributed by atoms with Crippen LogP contribution in [0.2, 0.25) is 0 Å². The Hall–Kier alpha value is -0.930. The number of aliphatic hydroxyl groups is 1. The van der Waals surface area contributed by atoms with Crippen molar-refractivity contribution in [1.82, 2.24) is 0 Å². The van der Waals surface area contributed by atoms with Crippen LogP contribution in [0.1, 0.15) is 12.0 Å². The predicted molar refractivity (Wildman–Crippen MR) is 58.4 cm³/mol. The fourth-order valence-electron chi connectivity index (χ4n) is 0.981. The van der Waals surface area contributed by atoms with Crippen molar-refractivity contribution < 1.29 is 9.32 Å². The average molecular weight is 210 g/mol. The molecular formula is C11H14O2S. The van der Waals surface area contributed by atoms with Gasteiger partial charge in [0.05, 0.1) is 10.8 Å². The van der Waals surface area contributed by atoms with Crippen LogP contribution in [0.15, 0.2) is 40.6 Å². The lowest BCUT2D eigenvalue weighted by atomic mass is 10.2. The van der Waals surface area contributed by atoms with Crippen LogP contribution in [0.25, 0.3) is 0 Å². The van der Waals surface area contributed by atoms with E-state index in [1.165, 1.54) is 0 Å². The van der Waals surface area contributed by atoms with Gasteiger partial charge in [0.2, 0.25) is 0 Å². The van der Waals surface area contributed by atoms with E-state index in [1.54, 1.807) is 11.5 Å². The number of aliphatic hydroxyl groups excluding tert-OH is 1. The van der Waals surface area contributed by atoms with E-state index in [0.29, 0.717) is 6.42 Å². The zero-order chi connectivity index (χ0) is 10.4. The predicted octanol–water partition coefficient (Wildman–Crippen LogP) is 2.00. The van der Waals surface area contributed by atoms with Gasteiger partial charge in [0.1, 0.15) is 0 Å². The van der Waals surface area contributed by atoms with E-state index in [9.17, 15) is 4.21 Å². The molecule has 1 rings (SSSR count). The van der Waals surface area contributed by atoms with E-state index in [4.69, 9.17) is 5.11 Å². The van der Waals surface area contributed by atoms with Gasteiger partial charge in [0.25, 0.3) is 0 Å². The zero-order valence-corrected chi connectivity index (χ0v) is 8.96. The maximum Gasteiger partial charge on any atom is 0.0772 e. The molecule has 1 aromatic rings. The number of hydrogen-bond acceptors (Lipinski definition) is 2. The Labute approximate surface area is 86.7 Å². The lowest BCUT2D eigenvalue weighted by molar-refractivity contribution is 0.302. The van der Waals surface area contributed by atoms with Gasteiger partial charge in [-0.05, 0) is 25.5 Å². The summed E-state index contributed by atoms with van der Waals surface area (Å²) in [5, 5.41) is 10.1. The number of rotatable bonds is 4. The molecule has 1 atom stereocenters. The van der Waals surface area contributed by atoms with Crippen molar-refractivity contribution in [2.45, 2.75) is 18.2 Å². The third kappa shape index (κ3) is 3.44. The van der Waals surface area contributed by atoms with Crippen LogP contribution in [-0.4, -0.2) is 15.9 Å². The normalized spacial score (nSPS) is 13.3. The van der Waals surface area contributed by atoms with Crippen molar-refractivity contribution >= 4 is 10.8 Å². The van der Waals surface area contributed by atoms with Crippen LogP contribution >= 0.6 is 0 Å². The van der Waals surface area contributed by atoms with E-state index >= 15 is 0 Å².